The van der Waals surface area contributed by atoms with Gasteiger partial charge < -0.3 is 15.4 Å². The first-order valence-electron chi connectivity index (χ1n) is 7.76. The molecule has 0 spiro atoms. The van der Waals surface area contributed by atoms with E-state index in [0.717, 1.165) is 22.4 Å². The van der Waals surface area contributed by atoms with E-state index in [1.165, 1.54) is 11.3 Å². The van der Waals surface area contributed by atoms with Gasteiger partial charge in [0.25, 0.3) is 5.91 Å². The van der Waals surface area contributed by atoms with E-state index in [1.807, 2.05) is 32.9 Å². The van der Waals surface area contributed by atoms with E-state index in [-0.39, 0.29) is 18.2 Å². The molecule has 0 saturated carbocycles. The van der Waals surface area contributed by atoms with Gasteiger partial charge in [-0.05, 0) is 31.9 Å². The van der Waals surface area contributed by atoms with Crippen LogP contribution in [-0.4, -0.2) is 30.0 Å². The van der Waals surface area contributed by atoms with Gasteiger partial charge in [0, 0.05) is 17.6 Å². The van der Waals surface area contributed by atoms with Crippen LogP contribution in [0, 0.1) is 20.8 Å². The van der Waals surface area contributed by atoms with E-state index in [2.05, 4.69) is 22.2 Å². The molecule has 7 heteroatoms. The number of carbonyl (C=O) groups excluding carboxylic acids is 2. The number of carbonyl (C=O) groups is 2. The summed E-state index contributed by atoms with van der Waals surface area (Å²) in [4.78, 5) is 28.1. The van der Waals surface area contributed by atoms with Gasteiger partial charge in [-0.1, -0.05) is 23.8 Å². The summed E-state index contributed by atoms with van der Waals surface area (Å²) in [5.74, 6) is -1.01. The molecule has 2 rings (SSSR count). The van der Waals surface area contributed by atoms with Gasteiger partial charge in [-0.25, -0.2) is 9.78 Å². The topological polar surface area (TPSA) is 80.3 Å². The second-order valence-electron chi connectivity index (χ2n) is 5.61. The van der Waals surface area contributed by atoms with Crippen LogP contribution in [0.2, 0.25) is 0 Å². The van der Waals surface area contributed by atoms with Gasteiger partial charge in [0.05, 0.1) is 0 Å². The number of thiazole rings is 1. The highest BCUT2D eigenvalue weighted by Gasteiger charge is 2.15. The molecule has 1 aromatic heterocycles. The summed E-state index contributed by atoms with van der Waals surface area (Å²) in [6, 6.07) is 3.98. The van der Waals surface area contributed by atoms with Gasteiger partial charge >= 0.3 is 5.97 Å². The molecule has 1 heterocycles. The minimum Gasteiger partial charge on any atom is -0.451 e. The zero-order chi connectivity index (χ0) is 18.4. The molecule has 0 radical (unpaired) electrons. The van der Waals surface area contributed by atoms with Crippen molar-refractivity contribution in [2.24, 2.45) is 0 Å². The summed E-state index contributed by atoms with van der Waals surface area (Å²) < 4.78 is 5.03. The monoisotopic (exact) mass is 359 g/mol. The van der Waals surface area contributed by atoms with Crippen molar-refractivity contribution in [3.63, 3.8) is 0 Å². The van der Waals surface area contributed by atoms with Crippen LogP contribution in [-0.2, 0) is 9.53 Å². The summed E-state index contributed by atoms with van der Waals surface area (Å²) >= 11 is 1.29. The Kier molecular flexibility index (Phi) is 6.30. The van der Waals surface area contributed by atoms with Crippen LogP contribution >= 0.6 is 11.3 Å². The van der Waals surface area contributed by atoms with Crippen LogP contribution in [0.4, 0.5) is 10.8 Å². The summed E-state index contributed by atoms with van der Waals surface area (Å²) in [7, 11) is 0. The predicted molar refractivity (Wildman–Crippen MR) is 100 cm³/mol. The van der Waals surface area contributed by atoms with E-state index in [9.17, 15) is 9.59 Å². The number of benzene rings is 1. The van der Waals surface area contributed by atoms with E-state index in [0.29, 0.717) is 11.7 Å². The van der Waals surface area contributed by atoms with Gasteiger partial charge in [-0.3, -0.25) is 4.79 Å². The van der Waals surface area contributed by atoms with Crippen LogP contribution in [0.5, 0.6) is 0 Å². The second kappa shape index (κ2) is 8.43. The maximum Gasteiger partial charge on any atom is 0.358 e. The van der Waals surface area contributed by atoms with Crippen molar-refractivity contribution in [1.29, 1.82) is 0 Å². The Morgan fingerprint density at radius 3 is 2.60 bits per heavy atom. The van der Waals surface area contributed by atoms with Crippen LogP contribution in [0.1, 0.15) is 27.2 Å². The van der Waals surface area contributed by atoms with Gasteiger partial charge in [-0.2, -0.15) is 0 Å². The number of aryl methyl sites for hydroxylation is 3. The number of amides is 1. The first-order valence-corrected chi connectivity index (χ1v) is 8.63. The third-order valence-electron chi connectivity index (χ3n) is 3.39. The fourth-order valence-corrected chi connectivity index (χ4v) is 3.06. The van der Waals surface area contributed by atoms with Crippen LogP contribution in [0.3, 0.4) is 0 Å². The average Bonchev–Trinajstić information content (AvgIpc) is 3.03. The van der Waals surface area contributed by atoms with E-state index in [4.69, 9.17) is 4.74 Å². The quantitative estimate of drug-likeness (QED) is 0.584. The van der Waals surface area contributed by atoms with Gasteiger partial charge in [0.1, 0.15) is 0 Å². The normalized spacial score (nSPS) is 10.2. The highest BCUT2D eigenvalue weighted by molar-refractivity contribution is 7.13. The molecule has 0 atom stereocenters. The number of nitrogens with one attached hydrogen (secondary N) is 2. The zero-order valence-electron chi connectivity index (χ0n) is 14.5. The number of hydrogen-bond acceptors (Lipinski definition) is 6. The molecule has 0 aliphatic rings. The largest absolute Gasteiger partial charge is 0.451 e. The average molecular weight is 359 g/mol. The smallest absolute Gasteiger partial charge is 0.358 e. The standard InChI is InChI=1S/C18H21N3O3S/c1-5-6-19-18-20-14(10-25-18)17(23)24-9-15(22)21-16-12(3)7-11(2)8-13(16)4/h5,7-8,10H,1,6,9H2,2-4H3,(H,19,20)(H,21,22). The van der Waals surface area contributed by atoms with Crippen molar-refractivity contribution in [3.8, 4) is 0 Å². The molecule has 0 saturated heterocycles. The van der Waals surface area contributed by atoms with Gasteiger partial charge in [0.15, 0.2) is 17.4 Å². The summed E-state index contributed by atoms with van der Waals surface area (Å²) in [5, 5.41) is 7.96. The number of ether oxygens (including phenoxy) is 1. The van der Waals surface area contributed by atoms with Gasteiger partial charge in [-0.15, -0.1) is 17.9 Å². The SMILES string of the molecule is C=CCNc1nc(C(=O)OCC(=O)Nc2c(C)cc(C)cc2C)cs1. The molecular formula is C18H21N3O3S. The third-order valence-corrected chi connectivity index (χ3v) is 4.19. The van der Waals surface area contributed by atoms with E-state index < -0.39 is 5.97 Å². The highest BCUT2D eigenvalue weighted by atomic mass is 32.1. The van der Waals surface area contributed by atoms with Crippen molar-refractivity contribution in [2.75, 3.05) is 23.8 Å². The molecule has 0 fully saturated rings. The van der Waals surface area contributed by atoms with E-state index >= 15 is 0 Å². The lowest BCUT2D eigenvalue weighted by Gasteiger charge is -2.12. The number of esters is 1. The first kappa shape index (κ1) is 18.7. The first-order chi connectivity index (χ1) is 11.9. The maximum atomic E-state index is 12.1. The number of hydrogen-bond donors (Lipinski definition) is 2. The molecule has 25 heavy (non-hydrogen) atoms. The Hall–Kier alpha value is -2.67. The van der Waals surface area contributed by atoms with E-state index in [1.54, 1.807) is 11.5 Å². The van der Waals surface area contributed by atoms with Crippen LogP contribution < -0.4 is 10.6 Å². The fraction of sp³-hybridized carbons (Fsp3) is 0.278. The molecule has 0 aliphatic heterocycles. The molecule has 2 aromatic rings. The lowest BCUT2D eigenvalue weighted by atomic mass is 10.1. The highest BCUT2D eigenvalue weighted by Crippen LogP contribution is 2.22. The fourth-order valence-electron chi connectivity index (χ4n) is 2.37. The van der Waals surface area contributed by atoms with Crippen LogP contribution in [0.25, 0.3) is 0 Å². The number of nitrogens with zero attached hydrogens (tertiary/aromatic N) is 1. The molecule has 0 aliphatic carbocycles. The number of anilines is 2. The second-order valence-corrected chi connectivity index (χ2v) is 6.46. The molecule has 0 bridgehead atoms. The zero-order valence-corrected chi connectivity index (χ0v) is 15.3. The maximum absolute atomic E-state index is 12.1. The molecule has 132 valence electrons. The Balaban J connectivity index is 1.90. The summed E-state index contributed by atoms with van der Waals surface area (Å²) in [5.41, 5.74) is 3.98. The molecule has 2 N–H and O–H groups in total. The van der Waals surface area contributed by atoms with Crippen LogP contribution in [0.15, 0.2) is 30.2 Å². The molecule has 6 nitrogen and oxygen atoms in total. The Labute approximate surface area is 150 Å². The Morgan fingerprint density at radius 1 is 1.28 bits per heavy atom. The Morgan fingerprint density at radius 2 is 1.96 bits per heavy atom. The van der Waals surface area contributed by atoms with Crippen molar-refractivity contribution in [2.45, 2.75) is 20.8 Å². The number of rotatable bonds is 7. The van der Waals surface area contributed by atoms with Crippen molar-refractivity contribution in [1.82, 2.24) is 4.98 Å². The third kappa shape index (κ3) is 5.15. The van der Waals surface area contributed by atoms with Gasteiger partial charge in [0.2, 0.25) is 0 Å². The summed E-state index contributed by atoms with van der Waals surface area (Å²) in [6.07, 6.45) is 1.69. The minimum atomic E-state index is -0.629. The number of aromatic nitrogens is 1. The van der Waals surface area contributed by atoms with Crippen molar-refractivity contribution >= 4 is 34.0 Å². The Bertz CT molecular complexity index is 776. The predicted octanol–water partition coefficient (Wildman–Crippen LogP) is 3.46. The molecule has 1 amide bonds. The lowest BCUT2D eigenvalue weighted by molar-refractivity contribution is -0.119. The van der Waals surface area contributed by atoms with Crippen molar-refractivity contribution in [3.05, 3.63) is 52.6 Å². The molecular weight excluding hydrogens is 338 g/mol. The van der Waals surface area contributed by atoms with Crippen molar-refractivity contribution < 1.29 is 14.3 Å². The lowest BCUT2D eigenvalue weighted by Crippen LogP contribution is -2.22. The molecule has 1 aromatic carbocycles. The molecule has 0 unspecified atom stereocenters. The minimum absolute atomic E-state index is 0.173. The summed E-state index contributed by atoms with van der Waals surface area (Å²) in [6.45, 7) is 9.64.